The Kier molecular flexibility index (Phi) is 13.3. The number of carbonyl (C=O) groups is 3. The molecule has 9 atom stereocenters. The number of hydrogen-bond acceptors (Lipinski definition) is 16. The van der Waals surface area contributed by atoms with Crippen molar-refractivity contribution in [2.24, 2.45) is 29.6 Å². The zero-order chi connectivity index (χ0) is 47.2. The molecule has 0 saturated carbocycles. The number of phenolic OH excluding ortho intramolecular Hbond substituents is 2. The number of ketones is 1. The number of fused-ring (bicyclic) bond motifs is 14. The number of carbonyl (C=O) groups excluding carboxylic acids is 3. The Morgan fingerprint density at radius 1 is 0.923 bits per heavy atom. The molecule has 2 aromatic rings. The van der Waals surface area contributed by atoms with E-state index >= 15 is 0 Å². The first-order valence-corrected chi connectivity index (χ1v) is 22.0. The van der Waals surface area contributed by atoms with Crippen molar-refractivity contribution in [2.75, 3.05) is 49.5 Å². The van der Waals surface area contributed by atoms with Crippen molar-refractivity contribution in [3.05, 3.63) is 70.1 Å². The molecule has 65 heavy (non-hydrogen) atoms. The van der Waals surface area contributed by atoms with Crippen LogP contribution in [0.5, 0.6) is 17.2 Å². The molecule has 17 heteroatoms. The van der Waals surface area contributed by atoms with Crippen LogP contribution < -0.4 is 20.4 Å². The van der Waals surface area contributed by atoms with Gasteiger partial charge in [0.25, 0.3) is 11.7 Å². The van der Waals surface area contributed by atoms with E-state index in [1.54, 1.807) is 45.1 Å². The average molecular weight is 899 g/mol. The molecule has 0 unspecified atom stereocenters. The maximum Gasteiger partial charge on any atom is 0.312 e. The number of aromatic hydroxyl groups is 2. The van der Waals surface area contributed by atoms with Gasteiger partial charge in [0.15, 0.2) is 11.3 Å². The van der Waals surface area contributed by atoms with E-state index < -0.39 is 76.6 Å². The summed E-state index contributed by atoms with van der Waals surface area (Å²) >= 11 is 0. The summed E-state index contributed by atoms with van der Waals surface area (Å²) in [6, 6.07) is 4.30. The minimum atomic E-state index is -2.03. The molecule has 2 aromatic carbocycles. The number of Topliss-reactive ketones (excluding diaryl/α,β-unsaturated/α-hetero) is 1. The van der Waals surface area contributed by atoms with Gasteiger partial charge in [0.1, 0.15) is 40.3 Å². The van der Waals surface area contributed by atoms with E-state index in [4.69, 9.17) is 23.6 Å². The van der Waals surface area contributed by atoms with Gasteiger partial charge in [0, 0.05) is 99.2 Å². The summed E-state index contributed by atoms with van der Waals surface area (Å²) in [4.78, 5) is 64.5. The highest BCUT2D eigenvalue weighted by Crippen LogP contribution is 2.49. The molecule has 6 aliphatic rings. The van der Waals surface area contributed by atoms with E-state index in [0.29, 0.717) is 38.4 Å². The molecule has 5 bridgehead atoms. The minimum Gasteiger partial charge on any atom is -0.507 e. The molecule has 1 aliphatic carbocycles. The highest BCUT2D eigenvalue weighted by Gasteiger charge is 2.49. The number of phenols is 2. The van der Waals surface area contributed by atoms with Crippen molar-refractivity contribution in [1.82, 2.24) is 9.88 Å². The normalized spacial score (nSPS) is 30.2. The number of aromatic nitrogens is 1. The fourth-order valence-electron chi connectivity index (χ4n) is 9.09. The molecule has 1 saturated heterocycles. The third-order valence-corrected chi connectivity index (χ3v) is 13.3. The molecule has 5 heterocycles. The average Bonchev–Trinajstić information content (AvgIpc) is 3.52. The van der Waals surface area contributed by atoms with Crippen molar-refractivity contribution in [3.8, 4) is 28.7 Å². The third kappa shape index (κ3) is 8.89. The molecule has 1 amide bonds. The summed E-state index contributed by atoms with van der Waals surface area (Å²) in [6.07, 6.45) is 4.70. The monoisotopic (exact) mass is 898 g/mol. The van der Waals surface area contributed by atoms with Gasteiger partial charge in [0.05, 0.1) is 36.0 Å². The van der Waals surface area contributed by atoms with Crippen LogP contribution in [0, 0.1) is 29.6 Å². The van der Waals surface area contributed by atoms with E-state index in [1.807, 2.05) is 18.7 Å². The van der Waals surface area contributed by atoms with Crippen LogP contribution in [0.3, 0.4) is 0 Å². The second kappa shape index (κ2) is 18.5. The summed E-state index contributed by atoms with van der Waals surface area (Å²) < 4.78 is 24.4. The van der Waals surface area contributed by atoms with E-state index in [9.17, 15) is 44.7 Å². The number of amides is 1. The first kappa shape index (κ1) is 47.0. The Morgan fingerprint density at radius 3 is 2.31 bits per heavy atom. The van der Waals surface area contributed by atoms with Crippen molar-refractivity contribution in [3.63, 3.8) is 0 Å². The van der Waals surface area contributed by atoms with Gasteiger partial charge in [-0.05, 0) is 24.8 Å². The van der Waals surface area contributed by atoms with Crippen LogP contribution in [0.4, 0.5) is 11.4 Å². The Labute approximate surface area is 375 Å². The number of nitrogens with one attached hydrogen (secondary N) is 1. The van der Waals surface area contributed by atoms with Crippen LogP contribution in [0.15, 0.2) is 63.6 Å². The van der Waals surface area contributed by atoms with Gasteiger partial charge in [-0.2, -0.15) is 0 Å². The molecule has 0 aromatic heterocycles. The maximum absolute atomic E-state index is 14.7. The summed E-state index contributed by atoms with van der Waals surface area (Å²) in [7, 11) is 0. The molecule has 348 valence electrons. The van der Waals surface area contributed by atoms with Gasteiger partial charge in [-0.25, -0.2) is 4.98 Å². The number of esters is 1. The molecular formula is C48H58N4O13. The molecule has 0 radical (unpaired) electrons. The lowest BCUT2D eigenvalue weighted by molar-refractivity contribution is -0.158. The predicted octanol–water partition coefficient (Wildman–Crippen LogP) is 5.08. The second-order valence-corrected chi connectivity index (χ2v) is 17.8. The zero-order valence-electron chi connectivity index (χ0n) is 37.8. The number of ether oxygens (including phenoxy) is 3. The molecule has 6 N–H and O–H groups in total. The fraction of sp³-hybridized carbons (Fsp3) is 0.479. The molecule has 8 rings (SSSR count). The number of nitrogens with zero attached hydrogens (tertiary/aromatic N) is 3. The SMILES string of the molecule is CC(=O)O[C@H]1[C@H](C)[C@H](O)[C@H](C)[C@@H](O)[C@@H](C)/C=C/C=C(/C)C(=O)Nc2c3oc4cc(N5CCN(CCO)CC5)cc(O)c4nc-3c3c4c(cc(O)c3c2=O)O[C@](C)(O/C=C/[C@H](C)[C@H]1C)C4=O. The molecular weight excluding hydrogens is 841 g/mol. The van der Waals surface area contributed by atoms with E-state index in [2.05, 4.69) is 10.2 Å². The summed E-state index contributed by atoms with van der Waals surface area (Å²) in [6.45, 7) is 16.1. The lowest BCUT2D eigenvalue weighted by atomic mass is 9.77. The highest BCUT2D eigenvalue weighted by atomic mass is 16.7. The number of rotatable bonds is 4. The van der Waals surface area contributed by atoms with Gasteiger partial charge < -0.3 is 54.4 Å². The summed E-state index contributed by atoms with van der Waals surface area (Å²) in [5.41, 5.74) is -0.824. The number of benzene rings is 3. The number of allylic oxidation sites excluding steroid dienone is 3. The predicted molar refractivity (Wildman–Crippen MR) is 242 cm³/mol. The van der Waals surface area contributed by atoms with Crippen LogP contribution in [0.2, 0.25) is 0 Å². The van der Waals surface area contributed by atoms with Crippen LogP contribution in [0.1, 0.15) is 65.7 Å². The number of anilines is 2. The second-order valence-electron chi connectivity index (χ2n) is 17.8. The van der Waals surface area contributed by atoms with E-state index in [0.717, 1.165) is 6.07 Å². The number of piperazine rings is 1. The molecule has 5 aliphatic heterocycles. The van der Waals surface area contributed by atoms with Crippen LogP contribution in [-0.4, -0.2) is 117 Å². The first-order valence-electron chi connectivity index (χ1n) is 22.0. The fourth-order valence-corrected chi connectivity index (χ4v) is 9.09. The van der Waals surface area contributed by atoms with Crippen molar-refractivity contribution >= 4 is 50.9 Å². The largest absolute Gasteiger partial charge is 0.507 e. The van der Waals surface area contributed by atoms with Crippen LogP contribution in [0.25, 0.3) is 33.3 Å². The highest BCUT2D eigenvalue weighted by molar-refractivity contribution is 6.22. The lowest BCUT2D eigenvalue weighted by Crippen LogP contribution is -2.47. The van der Waals surface area contributed by atoms with Gasteiger partial charge in [0.2, 0.25) is 5.43 Å². The number of aliphatic hydroxyl groups excluding tert-OH is 3. The third-order valence-electron chi connectivity index (χ3n) is 13.3. The molecule has 17 nitrogen and oxygen atoms in total. The topological polar surface area (TPSA) is 242 Å². The Morgan fingerprint density at radius 2 is 1.63 bits per heavy atom. The standard InChI is InChI=1S/C48H58N4O13/c1-23-12-19-62-48(8)46(60)36-33(65-48)22-31(55)35-37(36)39-45(64-34-21-30(20-32(56)38(34)49-39)52-15-13-51(14-16-52)17-18-53)40(43(35)59)50-47(61)25(3)11-9-10-24(2)41(57)27(5)42(58)28(6)44(26(23)4)63-29(7)54/h9-12,19-24,26-28,41-42,44,53,55-58H,13-18H2,1-8H3,(H,50,61)/b10-9+,19-12+,25-11-/t23-,24-,26+,27+,28+,41-,42+,44+,48-/m0/s1. The summed E-state index contributed by atoms with van der Waals surface area (Å²) in [5.74, 6) is -7.87. The van der Waals surface area contributed by atoms with Crippen LogP contribution in [-0.2, 0) is 19.1 Å². The number of hydrogen-bond donors (Lipinski definition) is 6. The minimum absolute atomic E-state index is 0.0280. The Balaban J connectivity index is 1.40. The van der Waals surface area contributed by atoms with Gasteiger partial charge in [-0.3, -0.25) is 24.1 Å². The van der Waals surface area contributed by atoms with Gasteiger partial charge in [-0.1, -0.05) is 52.8 Å². The Hall–Kier alpha value is -6.01. The van der Waals surface area contributed by atoms with Crippen molar-refractivity contribution in [2.45, 2.75) is 79.5 Å². The maximum atomic E-state index is 14.7. The first-order chi connectivity index (χ1) is 30.8. The quantitative estimate of drug-likeness (QED) is 0.0889. The lowest BCUT2D eigenvalue weighted by Gasteiger charge is -2.37. The van der Waals surface area contributed by atoms with E-state index in [1.165, 1.54) is 39.2 Å². The number of aliphatic hydroxyl groups is 3. The zero-order valence-corrected chi connectivity index (χ0v) is 37.8. The van der Waals surface area contributed by atoms with Crippen molar-refractivity contribution in [1.29, 1.82) is 0 Å². The van der Waals surface area contributed by atoms with Crippen molar-refractivity contribution < 1.29 is 58.5 Å². The molecule has 0 spiro atoms. The van der Waals surface area contributed by atoms with E-state index in [-0.39, 0.29) is 74.2 Å². The Bertz CT molecular complexity index is 2630. The smallest absolute Gasteiger partial charge is 0.312 e. The molecule has 1 fully saturated rings. The van der Waals surface area contributed by atoms with Gasteiger partial charge >= 0.3 is 11.8 Å². The number of β-amino-alcohol motifs (C(OH)–C–C–N with tert-alkyl or cyclic N) is 1. The van der Waals surface area contributed by atoms with Gasteiger partial charge in [-0.15, -0.1) is 0 Å². The van der Waals surface area contributed by atoms with Crippen LogP contribution >= 0.6 is 0 Å². The summed E-state index contributed by atoms with van der Waals surface area (Å²) in [5, 5.41) is 57.5.